The number of rotatable bonds is 6. The van der Waals surface area contributed by atoms with Crippen LogP contribution in [0.2, 0.25) is 0 Å². The van der Waals surface area contributed by atoms with E-state index in [-0.39, 0.29) is 0 Å². The van der Waals surface area contributed by atoms with Gasteiger partial charge in [-0.3, -0.25) is 0 Å². The number of hydrogen-bond acceptors (Lipinski definition) is 24. The van der Waals surface area contributed by atoms with Crippen LogP contribution in [-0.2, 0) is 99.2 Å². The molecule has 0 amide bonds. The summed E-state index contributed by atoms with van der Waals surface area (Å²) in [7, 11) is -33.3. The normalized spacial score (nSPS) is 14.1. The first-order chi connectivity index (χ1) is 32.9. The second-order valence-corrected chi connectivity index (χ2v) is 24.6. The number of aromatic hydroxyl groups is 6. The first kappa shape index (κ1) is 53.4. The molecular formula is C42H30O24S6-6. The van der Waals surface area contributed by atoms with Gasteiger partial charge in [0.25, 0.3) is 0 Å². The van der Waals surface area contributed by atoms with Gasteiger partial charge >= 0.3 is 0 Å². The fourth-order valence-corrected chi connectivity index (χ4v) is 11.5. The highest BCUT2D eigenvalue weighted by Crippen LogP contribution is 2.42. The Hall–Kier alpha value is -6.42. The number of phenols is 6. The Labute approximate surface area is 408 Å². The van der Waals surface area contributed by atoms with E-state index in [4.69, 9.17) is 0 Å². The van der Waals surface area contributed by atoms with Crippen LogP contribution < -0.4 is 0 Å². The Morgan fingerprint density at radius 1 is 0.222 bits per heavy atom. The highest BCUT2D eigenvalue weighted by molar-refractivity contribution is 7.87. The smallest absolute Gasteiger partial charge is 0.124 e. The second-order valence-electron chi connectivity index (χ2n) is 16.3. The number of phenolic OH excluding ortho intramolecular Hbond substituents is 6. The molecule has 0 fully saturated rings. The van der Waals surface area contributed by atoms with E-state index in [2.05, 4.69) is 0 Å². The Bertz CT molecular complexity index is 3220. The Balaban J connectivity index is 1.61. The van der Waals surface area contributed by atoms with Gasteiger partial charge in [-0.2, -0.15) is 0 Å². The monoisotopic (exact) mass is 1110 g/mol. The van der Waals surface area contributed by atoms with Crippen LogP contribution >= 0.6 is 0 Å². The number of benzene rings is 6. The van der Waals surface area contributed by atoms with Crippen molar-refractivity contribution in [2.75, 3.05) is 0 Å². The van der Waals surface area contributed by atoms with Crippen molar-refractivity contribution in [1.29, 1.82) is 0 Å². The molecule has 6 N–H and O–H groups in total. The maximum Gasteiger partial charge on any atom is 0.124 e. The molecule has 0 radical (unpaired) electrons. The maximum atomic E-state index is 12.5. The second kappa shape index (κ2) is 18.3. The van der Waals surface area contributed by atoms with Crippen molar-refractivity contribution in [2.45, 2.75) is 67.9 Å². The van der Waals surface area contributed by atoms with Gasteiger partial charge in [0.15, 0.2) is 0 Å². The fraction of sp³-hybridized carbons (Fsp3) is 0.143. The van der Waals surface area contributed by atoms with Crippen LogP contribution in [0.5, 0.6) is 34.5 Å². The third kappa shape index (κ3) is 11.1. The largest absolute Gasteiger partial charge is 0.744 e. The van der Waals surface area contributed by atoms with Crippen LogP contribution in [0.4, 0.5) is 0 Å². The zero-order chi connectivity index (χ0) is 53.6. The van der Waals surface area contributed by atoms with Gasteiger partial charge in [-0.05, 0) is 140 Å². The molecule has 0 unspecified atom stereocenters. The molecular weight excluding hydrogens is 1080 g/mol. The molecule has 0 atom stereocenters. The quantitative estimate of drug-likeness (QED) is 0.127. The topological polar surface area (TPSA) is 465 Å². The average molecular weight is 1110 g/mol. The number of fused-ring (bicyclic) bond motifs is 12. The van der Waals surface area contributed by atoms with Crippen molar-refractivity contribution in [3.05, 3.63) is 140 Å². The average Bonchev–Trinajstić information content (AvgIpc) is 3.23. The van der Waals surface area contributed by atoms with E-state index >= 15 is 0 Å². The summed E-state index contributed by atoms with van der Waals surface area (Å²) < 4.78 is 225. The molecule has 0 spiro atoms. The van der Waals surface area contributed by atoms with E-state index < -0.39 is 230 Å². The summed E-state index contributed by atoms with van der Waals surface area (Å²) in [6.45, 7) is 0. The molecule has 0 heterocycles. The molecule has 1 aliphatic carbocycles. The van der Waals surface area contributed by atoms with E-state index in [0.29, 0.717) is 72.8 Å². The third-order valence-electron chi connectivity index (χ3n) is 11.5. The van der Waals surface area contributed by atoms with Gasteiger partial charge in [0.2, 0.25) is 0 Å². The van der Waals surface area contributed by atoms with Gasteiger partial charge in [0.05, 0.1) is 29.4 Å². The molecule has 12 bridgehead atoms. The summed E-state index contributed by atoms with van der Waals surface area (Å²) in [5, 5.41) is 69.5. The van der Waals surface area contributed by atoms with Gasteiger partial charge < -0.3 is 58.0 Å². The van der Waals surface area contributed by atoms with E-state index in [1.165, 1.54) is 0 Å². The van der Waals surface area contributed by atoms with Gasteiger partial charge in [-0.1, -0.05) is 0 Å². The molecule has 0 saturated carbocycles. The Morgan fingerprint density at radius 3 is 0.375 bits per heavy atom. The molecule has 72 heavy (non-hydrogen) atoms. The van der Waals surface area contributed by atoms with Crippen molar-refractivity contribution in [3.8, 4) is 34.5 Å². The zero-order valence-corrected chi connectivity index (χ0v) is 40.6. The lowest BCUT2D eigenvalue weighted by Gasteiger charge is -2.21. The summed E-state index contributed by atoms with van der Waals surface area (Å²) in [4.78, 5) is -6.90. The predicted molar refractivity (Wildman–Crippen MR) is 233 cm³/mol. The standard InChI is InChI=1S/C42H36O24S6/c43-37-19-1-20-8-32(68(52,53)54)10-22(38(20)44)3-24-12-34(70(58,59)60)14-26(40(24)46)5-28-16-36(72(64,65)66)18-30(42(28)48)6-29-17-35(71(61,62)63)15-27(41(29)47)4-25-13-33(69(55,56)57)11-23(39(25)45)2-21(37)9-31(7-19)67(49,50)51/h7-18,43-48H,1-6H2,(H,49,50,51)(H,52,53,54)(H,55,56,57)(H,58,59,60)(H,61,62,63)(H,64,65,66)/p-6. The lowest BCUT2D eigenvalue weighted by Crippen LogP contribution is -2.08. The van der Waals surface area contributed by atoms with Gasteiger partial charge in [-0.25, -0.2) is 50.5 Å². The molecule has 7 rings (SSSR count). The Morgan fingerprint density at radius 2 is 0.306 bits per heavy atom. The molecule has 0 aromatic heterocycles. The summed E-state index contributed by atoms with van der Waals surface area (Å²) in [5.41, 5.74) is -7.95. The zero-order valence-electron chi connectivity index (χ0n) is 35.7. The van der Waals surface area contributed by atoms with Gasteiger partial charge in [0.1, 0.15) is 95.2 Å². The summed E-state index contributed by atoms with van der Waals surface area (Å²) in [6, 6.07) is 6.48. The summed E-state index contributed by atoms with van der Waals surface area (Å²) in [5.74, 6) is -6.03. The SMILES string of the molecule is O=S(=O)([O-])c1cc2c(O)c(c1)Cc1cc(S(=O)(=O)[O-])cc(c1O)Cc1cc(S(=O)(=O)[O-])cc(c1O)Cc1cc(S(=O)(=O)[O-])cc(c1O)Cc1cc(S(=O)(=O)[O-])cc(c1O)Cc1cc(S(=O)(=O)[O-])cc(c1O)C2. The van der Waals surface area contributed by atoms with E-state index in [0.717, 1.165) is 0 Å². The van der Waals surface area contributed by atoms with Crippen molar-refractivity contribution >= 4 is 60.7 Å². The molecule has 1 aliphatic rings. The molecule has 384 valence electrons. The lowest BCUT2D eigenvalue weighted by molar-refractivity contribution is 0.450. The third-order valence-corrected chi connectivity index (χ3v) is 16.3. The van der Waals surface area contributed by atoms with Gasteiger partial charge in [-0.15, -0.1) is 0 Å². The van der Waals surface area contributed by atoms with E-state index in [1.54, 1.807) is 0 Å². The highest BCUT2D eigenvalue weighted by Gasteiger charge is 2.26. The van der Waals surface area contributed by atoms with Crippen LogP contribution in [0, 0.1) is 0 Å². The van der Waals surface area contributed by atoms with Crippen molar-refractivity contribution < 1.29 is 108 Å². The first-order valence-electron chi connectivity index (χ1n) is 19.7. The minimum absolute atomic E-state index is 0.540. The molecule has 0 saturated heterocycles. The van der Waals surface area contributed by atoms with Crippen molar-refractivity contribution in [3.63, 3.8) is 0 Å². The maximum absolute atomic E-state index is 12.5. The highest BCUT2D eigenvalue weighted by atomic mass is 32.2. The van der Waals surface area contributed by atoms with Crippen LogP contribution in [0.15, 0.2) is 102 Å². The molecule has 6 aromatic carbocycles. The van der Waals surface area contributed by atoms with Crippen LogP contribution in [0.25, 0.3) is 0 Å². The summed E-state index contributed by atoms with van der Waals surface area (Å²) >= 11 is 0. The minimum Gasteiger partial charge on any atom is -0.744 e. The van der Waals surface area contributed by atoms with Crippen molar-refractivity contribution in [2.24, 2.45) is 0 Å². The minimum atomic E-state index is -5.56. The fourth-order valence-electron chi connectivity index (χ4n) is 8.08. The first-order valence-corrected chi connectivity index (χ1v) is 28.2. The summed E-state index contributed by atoms with van der Waals surface area (Å²) in [6.07, 6.45) is -6.06. The lowest BCUT2D eigenvalue weighted by atomic mass is 9.91. The van der Waals surface area contributed by atoms with Crippen LogP contribution in [-0.4, -0.2) is 108 Å². The molecule has 6 aromatic rings. The number of hydrogen-bond donors (Lipinski definition) is 6. The van der Waals surface area contributed by atoms with E-state index in [1.807, 2.05) is 0 Å². The van der Waals surface area contributed by atoms with Crippen LogP contribution in [0.1, 0.15) is 66.8 Å². The molecule has 30 heteroatoms. The molecule has 0 aliphatic heterocycles. The van der Waals surface area contributed by atoms with Crippen molar-refractivity contribution in [1.82, 2.24) is 0 Å². The Kier molecular flexibility index (Phi) is 13.5. The van der Waals surface area contributed by atoms with E-state index in [9.17, 15) is 108 Å². The molecule has 24 nitrogen and oxygen atoms in total. The van der Waals surface area contributed by atoms with Crippen LogP contribution in [0.3, 0.4) is 0 Å². The predicted octanol–water partition coefficient (Wildman–Crippen LogP) is 1.20. The van der Waals surface area contributed by atoms with Gasteiger partial charge in [0, 0.05) is 38.5 Å².